The van der Waals surface area contributed by atoms with Gasteiger partial charge in [0.2, 0.25) is 19.4 Å². The number of aromatic nitrogens is 20. The Kier molecular flexibility index (Phi) is 30.0. The summed E-state index contributed by atoms with van der Waals surface area (Å²) in [7, 11) is 0.783. The van der Waals surface area contributed by atoms with Crippen LogP contribution in [0.4, 0.5) is 16.3 Å². The van der Waals surface area contributed by atoms with Gasteiger partial charge in [0, 0.05) is 54.7 Å². The maximum Gasteiger partial charge on any atom is 0.511 e. The number of hydrogen-bond donors (Lipinski definition) is 2. The topological polar surface area (TPSA) is 498 Å². The maximum atomic E-state index is 13.0. The molecule has 6 heterocycles. The molecule has 0 spiro atoms. The lowest BCUT2D eigenvalue weighted by Gasteiger charge is -2.22. The van der Waals surface area contributed by atoms with Gasteiger partial charge in [-0.1, -0.05) is 110 Å². The first-order chi connectivity index (χ1) is 65.3. The van der Waals surface area contributed by atoms with Crippen LogP contribution in [-0.4, -0.2) is 215 Å². The van der Waals surface area contributed by atoms with E-state index in [0.717, 1.165) is 86.8 Å². The molecule has 1 saturated carbocycles. The molecule has 2 unspecified atom stereocenters. The second-order valence-corrected chi connectivity index (χ2v) is 34.2. The van der Waals surface area contributed by atoms with E-state index in [1.54, 1.807) is 132 Å². The molecule has 42 heteroatoms. The molecule has 6 aromatic heterocycles. The number of nitrogens with one attached hydrogen (secondary N) is 1. The monoisotopic (exact) mass is 1860 g/mol. The SMILES string of the molecule is C=C(C)OC(C)OC(=O)c1cccc2c(-n3nnc(Cc4nnn(-c5cc(S(C)(=O)=O)ccc5O)n4)n3)cccc12.COC(=O)c1ccc(Nc2nnc(C)c3cc(-c4cccc(-c5ccc(C(=O)OCOC(=O)C(C)(C)C)c6ccccc56)c4)nnc23)cc1.CON(C)C(=O)c1cccc(Cn2nnc(Cc3nnn(Cc4cccc(C(=O)OC(C)OC(=O)OC5CCCCC5)c4)n3)n2)c1. The van der Waals surface area contributed by atoms with Crippen molar-refractivity contribution in [2.45, 2.75) is 130 Å². The van der Waals surface area contributed by atoms with Crippen LogP contribution in [0.15, 0.2) is 211 Å². The fourth-order valence-corrected chi connectivity index (χ4v) is 14.8. The molecule has 0 bridgehead atoms. The van der Waals surface area contributed by atoms with Gasteiger partial charge in [0.15, 0.2) is 39.0 Å². The quantitative estimate of drug-likeness (QED) is 0.0144. The molecule has 0 aliphatic heterocycles. The summed E-state index contributed by atoms with van der Waals surface area (Å²) in [6.45, 7) is 15.5. The number of fused-ring (bicyclic) bond motifs is 3. The molecule has 16 rings (SSSR count). The minimum atomic E-state index is -3.51. The van der Waals surface area contributed by atoms with Gasteiger partial charge in [-0.2, -0.15) is 14.7 Å². The number of ether oxygens (including phenoxy) is 8. The number of phenols is 1. The molecule has 1 amide bonds. The molecule has 1 fully saturated rings. The molecule has 9 aromatic carbocycles. The summed E-state index contributed by atoms with van der Waals surface area (Å²) in [5.41, 5.74) is 8.58. The zero-order valence-corrected chi connectivity index (χ0v) is 76.4. The molecular formula is C94H92N22O19S. The smallest absolute Gasteiger partial charge is 0.506 e. The summed E-state index contributed by atoms with van der Waals surface area (Å²) in [6.07, 6.45) is 3.16. The van der Waals surface area contributed by atoms with E-state index in [9.17, 15) is 47.1 Å². The van der Waals surface area contributed by atoms with Crippen molar-refractivity contribution in [1.82, 2.24) is 106 Å². The standard InChI is InChI=1S/C38H33N5O6.C30H35N9O7.C26H24N8O6S/c1-22-31-20-32(41-42-33(31)34(43-40-22)39-26-15-13-23(14-16-26)35(44)47-5)25-10-8-9-24(19-25)27-17-18-30(29-12-7-6-11-28(27)29)36(45)48-21-49-37(46)38(2,3)4;1-20(45-30(42)46-25-13-5-4-6-14-25)44-29(41)24-12-8-10-22(16-24)19-39-34-27(32-36-39)17-26-31-35-38(33-26)18-21-9-7-11-23(15-21)28(40)37(2)43-3;1-15(2)39-16(3)40-26(36)20-9-5-8-19-18(20)7-6-10-21(19)33-29-24(27-31-33)14-25-28-32-34(30-25)22-13-17(41(4,37)38)11-12-23(22)35/h6-20H,21H2,1-5H3,(H,39,43);7-12,15-16,20,25H,4-6,13-14,17-19H2,1-3H3;5-13,16,35H,1,14H2,2-4H3. The Bertz CT molecular complexity index is 7100. The van der Waals surface area contributed by atoms with Crippen molar-refractivity contribution in [3.63, 3.8) is 0 Å². The summed E-state index contributed by atoms with van der Waals surface area (Å²) in [5.74, 6) is -1.05. The lowest BCUT2D eigenvalue weighted by Crippen LogP contribution is -2.26. The molecule has 1 aliphatic rings. The molecule has 0 saturated heterocycles. The highest BCUT2D eigenvalue weighted by atomic mass is 32.2. The number of tetrazole rings is 4. The van der Waals surface area contributed by atoms with E-state index in [0.29, 0.717) is 96.5 Å². The number of methoxy groups -OCH3 is 1. The molecule has 2 N–H and O–H groups in total. The minimum Gasteiger partial charge on any atom is -0.506 e. The minimum absolute atomic E-state index is 0.00465. The first-order valence-corrected chi connectivity index (χ1v) is 44.4. The van der Waals surface area contributed by atoms with Gasteiger partial charge in [-0.15, -0.1) is 65.7 Å². The number of aromatic hydroxyl groups is 1. The van der Waals surface area contributed by atoms with Crippen molar-refractivity contribution in [3.05, 3.63) is 274 Å². The average molecular weight is 1870 g/mol. The number of carbonyl (C=O) groups excluding carboxylic acids is 7. The first-order valence-electron chi connectivity index (χ1n) is 42.5. The van der Waals surface area contributed by atoms with Gasteiger partial charge in [-0.3, -0.25) is 14.4 Å². The van der Waals surface area contributed by atoms with Crippen LogP contribution in [0.1, 0.15) is 166 Å². The Balaban J connectivity index is 0.000000164. The van der Waals surface area contributed by atoms with E-state index in [4.69, 9.17) is 42.7 Å². The number of carbonyl (C=O) groups is 7. The first kappa shape index (κ1) is 95.4. The van der Waals surface area contributed by atoms with Crippen molar-refractivity contribution in [2.24, 2.45) is 5.41 Å². The highest BCUT2D eigenvalue weighted by Gasteiger charge is 2.28. The number of hydrogen-bond acceptors (Lipinski definition) is 36. The second-order valence-electron chi connectivity index (χ2n) is 32.2. The number of esters is 5. The molecule has 2 atom stereocenters. The number of hydroxylamine groups is 2. The molecule has 136 heavy (non-hydrogen) atoms. The van der Waals surface area contributed by atoms with Crippen LogP contribution in [0.3, 0.4) is 0 Å². The number of rotatable bonds is 29. The van der Waals surface area contributed by atoms with Crippen molar-refractivity contribution in [3.8, 4) is 39.5 Å². The zero-order chi connectivity index (χ0) is 96.5. The van der Waals surface area contributed by atoms with E-state index in [-0.39, 0.29) is 64.9 Å². The summed E-state index contributed by atoms with van der Waals surface area (Å²) in [5, 5.41) is 85.8. The van der Waals surface area contributed by atoms with E-state index >= 15 is 0 Å². The van der Waals surface area contributed by atoms with Crippen LogP contribution in [0.5, 0.6) is 5.75 Å². The lowest BCUT2D eigenvalue weighted by molar-refractivity contribution is -0.161. The van der Waals surface area contributed by atoms with Gasteiger partial charge >= 0.3 is 36.0 Å². The number of amides is 1. The molecule has 1 aliphatic carbocycles. The molecule has 698 valence electrons. The Labute approximate surface area is 776 Å². The fourth-order valence-electron chi connectivity index (χ4n) is 14.2. The normalized spacial score (nSPS) is 12.5. The summed E-state index contributed by atoms with van der Waals surface area (Å²) < 4.78 is 65.4. The Morgan fingerprint density at radius 3 is 1.78 bits per heavy atom. The molecule has 0 radical (unpaired) electrons. The predicted octanol–water partition coefficient (Wildman–Crippen LogP) is 13.0. The van der Waals surface area contributed by atoms with E-state index < -0.39 is 70.6 Å². The summed E-state index contributed by atoms with van der Waals surface area (Å²) in [6, 6.07) is 56.0. The number of benzene rings is 9. The highest BCUT2D eigenvalue weighted by molar-refractivity contribution is 7.90. The van der Waals surface area contributed by atoms with E-state index in [1.807, 2.05) is 85.8 Å². The van der Waals surface area contributed by atoms with Gasteiger partial charge in [0.25, 0.3) is 5.91 Å². The summed E-state index contributed by atoms with van der Waals surface area (Å²) >= 11 is 0. The lowest BCUT2D eigenvalue weighted by atomic mass is 9.93. The van der Waals surface area contributed by atoms with E-state index in [1.165, 1.54) is 60.8 Å². The molecular weight excluding hydrogens is 1770 g/mol. The molecule has 15 aromatic rings. The number of nitrogens with zero attached hydrogens (tertiary/aromatic N) is 21. The molecule has 41 nitrogen and oxygen atoms in total. The van der Waals surface area contributed by atoms with Crippen molar-refractivity contribution >= 4 is 95.7 Å². The number of sulfone groups is 1. The van der Waals surface area contributed by atoms with Crippen LogP contribution in [0.25, 0.3) is 66.2 Å². The van der Waals surface area contributed by atoms with Gasteiger partial charge < -0.3 is 48.3 Å². The van der Waals surface area contributed by atoms with Crippen LogP contribution in [0.2, 0.25) is 0 Å². The van der Waals surface area contributed by atoms with Crippen LogP contribution in [-0.2, 0) is 83.3 Å². The number of allylic oxidation sites excluding steroid dienone is 1. The van der Waals surface area contributed by atoms with Crippen molar-refractivity contribution < 1.29 is 89.8 Å². The third-order valence-corrected chi connectivity index (χ3v) is 22.0. The Hall–Kier alpha value is -16.7. The third kappa shape index (κ3) is 24.2. The number of phenolic OH excluding ortho intramolecular Hbond substituents is 1. The largest absolute Gasteiger partial charge is 0.511 e. The third-order valence-electron chi connectivity index (χ3n) is 20.9. The van der Waals surface area contributed by atoms with Gasteiger partial charge in [-0.25, -0.2) is 37.5 Å². The number of anilines is 2. The zero-order valence-electron chi connectivity index (χ0n) is 75.6. The Morgan fingerprint density at radius 1 is 0.537 bits per heavy atom. The Morgan fingerprint density at radius 2 is 1.12 bits per heavy atom. The van der Waals surface area contributed by atoms with Gasteiger partial charge in [0.05, 0.1) is 95.5 Å². The van der Waals surface area contributed by atoms with Crippen LogP contribution in [0, 0.1) is 12.3 Å². The van der Waals surface area contributed by atoms with Crippen LogP contribution < -0.4 is 5.32 Å². The van der Waals surface area contributed by atoms with Crippen molar-refractivity contribution in [1.29, 1.82) is 0 Å². The maximum absolute atomic E-state index is 13.0. The van der Waals surface area contributed by atoms with Crippen LogP contribution >= 0.6 is 0 Å². The number of aryl methyl sites for hydroxylation is 1. The highest BCUT2D eigenvalue weighted by Crippen LogP contribution is 2.36. The summed E-state index contributed by atoms with van der Waals surface area (Å²) in [4.78, 5) is 97.0. The van der Waals surface area contributed by atoms with Gasteiger partial charge in [-0.05, 0) is 217 Å². The fraction of sp³-hybridized carbons (Fsp3) is 0.266. The van der Waals surface area contributed by atoms with E-state index in [2.05, 4.69) is 93.9 Å². The van der Waals surface area contributed by atoms with Crippen molar-refractivity contribution in [2.75, 3.05) is 39.6 Å². The second kappa shape index (κ2) is 42.7. The predicted molar refractivity (Wildman–Crippen MR) is 487 cm³/mol. The van der Waals surface area contributed by atoms with Gasteiger partial charge in [0.1, 0.15) is 23.1 Å². The average Bonchev–Trinajstić information content (AvgIpc) is 1.24.